The number of aldehydes is 1. The molecule has 1 aliphatic rings. The number of likely N-dealkylation sites (tertiary alicyclic amines) is 1. The molecule has 2 aromatic carbocycles. The van der Waals surface area contributed by atoms with E-state index >= 15 is 0 Å². The Labute approximate surface area is 180 Å². The van der Waals surface area contributed by atoms with Crippen LogP contribution in [0.15, 0.2) is 40.9 Å². The fourth-order valence-electron chi connectivity index (χ4n) is 4.26. The second-order valence-corrected chi connectivity index (χ2v) is 8.07. The Bertz CT molecular complexity index is 1040. The lowest BCUT2D eigenvalue weighted by molar-refractivity contribution is -0.107. The van der Waals surface area contributed by atoms with Crippen molar-refractivity contribution < 1.29 is 23.2 Å². The van der Waals surface area contributed by atoms with Gasteiger partial charge in [0, 0.05) is 30.3 Å². The minimum atomic E-state index is -0.300. The summed E-state index contributed by atoms with van der Waals surface area (Å²) in [6.45, 7) is 4.70. The van der Waals surface area contributed by atoms with E-state index < -0.39 is 0 Å². The first-order valence-electron chi connectivity index (χ1n) is 10.6. The zero-order valence-electron chi connectivity index (χ0n) is 17.8. The molecule has 164 valence electrons. The minimum absolute atomic E-state index is 0.0172. The lowest BCUT2D eigenvalue weighted by Gasteiger charge is -2.32. The molecule has 1 saturated heterocycles. The molecule has 7 heteroatoms. The Morgan fingerprint density at radius 1 is 1.23 bits per heavy atom. The molecule has 31 heavy (non-hydrogen) atoms. The summed E-state index contributed by atoms with van der Waals surface area (Å²) >= 11 is 0. The van der Waals surface area contributed by atoms with Gasteiger partial charge in [-0.15, -0.1) is 0 Å². The van der Waals surface area contributed by atoms with Gasteiger partial charge in [-0.2, -0.15) is 0 Å². The largest absolute Gasteiger partial charge is 0.493 e. The van der Waals surface area contributed by atoms with Gasteiger partial charge in [-0.05, 0) is 62.7 Å². The second kappa shape index (κ2) is 9.47. The lowest BCUT2D eigenvalue weighted by atomic mass is 9.92. The van der Waals surface area contributed by atoms with Crippen LogP contribution in [0.1, 0.15) is 37.0 Å². The van der Waals surface area contributed by atoms with E-state index in [0.717, 1.165) is 55.5 Å². The summed E-state index contributed by atoms with van der Waals surface area (Å²) in [5, 5.41) is 4.93. The molecular formula is C24H27FN2O4. The third-order valence-electron chi connectivity index (χ3n) is 5.82. The molecule has 0 saturated carbocycles. The SMILES string of the molecule is COc1cc(CC=O)ccc1OC(C)CN1CCC(c2onc3cc(F)ccc23)CC1. The normalized spacial score (nSPS) is 16.4. The van der Waals surface area contributed by atoms with E-state index in [9.17, 15) is 9.18 Å². The summed E-state index contributed by atoms with van der Waals surface area (Å²) < 4.78 is 30.5. The summed E-state index contributed by atoms with van der Waals surface area (Å²) in [5.74, 6) is 2.16. The van der Waals surface area contributed by atoms with Crippen molar-refractivity contribution >= 4 is 17.2 Å². The molecule has 1 unspecified atom stereocenters. The van der Waals surface area contributed by atoms with Gasteiger partial charge in [-0.25, -0.2) is 4.39 Å². The van der Waals surface area contributed by atoms with E-state index in [4.69, 9.17) is 14.0 Å². The van der Waals surface area contributed by atoms with E-state index in [2.05, 4.69) is 10.1 Å². The van der Waals surface area contributed by atoms with Crippen molar-refractivity contribution in [1.82, 2.24) is 10.1 Å². The number of nitrogens with zero attached hydrogens (tertiary/aromatic N) is 2. The van der Waals surface area contributed by atoms with Crippen LogP contribution in [0.3, 0.4) is 0 Å². The van der Waals surface area contributed by atoms with Gasteiger partial charge in [0.1, 0.15) is 29.5 Å². The number of carbonyl (C=O) groups excluding carboxylic acids is 1. The van der Waals surface area contributed by atoms with Crippen molar-refractivity contribution in [1.29, 1.82) is 0 Å². The lowest BCUT2D eigenvalue weighted by Crippen LogP contribution is -2.39. The van der Waals surface area contributed by atoms with Gasteiger partial charge < -0.3 is 18.8 Å². The van der Waals surface area contributed by atoms with Crippen molar-refractivity contribution in [2.24, 2.45) is 0 Å². The van der Waals surface area contributed by atoms with E-state index in [1.54, 1.807) is 13.2 Å². The maximum Gasteiger partial charge on any atom is 0.161 e. The van der Waals surface area contributed by atoms with Gasteiger partial charge in [0.2, 0.25) is 0 Å². The molecule has 0 bridgehead atoms. The molecule has 0 aliphatic carbocycles. The van der Waals surface area contributed by atoms with Crippen molar-refractivity contribution in [3.05, 3.63) is 53.5 Å². The number of piperidine rings is 1. The van der Waals surface area contributed by atoms with E-state index in [0.29, 0.717) is 23.4 Å². The molecule has 0 N–H and O–H groups in total. The van der Waals surface area contributed by atoms with Gasteiger partial charge >= 0.3 is 0 Å². The number of hydrogen-bond acceptors (Lipinski definition) is 6. The predicted octanol–water partition coefficient (Wildman–Crippen LogP) is 4.36. The minimum Gasteiger partial charge on any atom is -0.493 e. The van der Waals surface area contributed by atoms with Crippen molar-refractivity contribution in [3.8, 4) is 11.5 Å². The fraction of sp³-hybridized carbons (Fsp3) is 0.417. The highest BCUT2D eigenvalue weighted by atomic mass is 19.1. The van der Waals surface area contributed by atoms with Crippen LogP contribution in [-0.4, -0.2) is 49.2 Å². The number of methoxy groups -OCH3 is 1. The van der Waals surface area contributed by atoms with Gasteiger partial charge in [0.15, 0.2) is 11.5 Å². The van der Waals surface area contributed by atoms with Gasteiger partial charge in [0.05, 0.1) is 7.11 Å². The van der Waals surface area contributed by atoms with E-state index in [-0.39, 0.29) is 17.8 Å². The Morgan fingerprint density at radius 2 is 2.03 bits per heavy atom. The zero-order chi connectivity index (χ0) is 21.8. The highest BCUT2D eigenvalue weighted by Crippen LogP contribution is 2.34. The topological polar surface area (TPSA) is 64.8 Å². The molecule has 4 rings (SSSR count). The average molecular weight is 426 g/mol. The van der Waals surface area contributed by atoms with Gasteiger partial charge in [-0.1, -0.05) is 11.2 Å². The molecule has 3 aromatic rings. The van der Waals surface area contributed by atoms with Crippen molar-refractivity contribution in [2.75, 3.05) is 26.7 Å². The molecule has 2 heterocycles. The van der Waals surface area contributed by atoms with Crippen molar-refractivity contribution in [2.45, 2.75) is 38.2 Å². The summed E-state index contributed by atoms with van der Waals surface area (Å²) in [5.41, 5.74) is 1.48. The maximum absolute atomic E-state index is 13.4. The molecule has 1 atom stereocenters. The number of benzene rings is 2. The fourth-order valence-corrected chi connectivity index (χ4v) is 4.26. The number of fused-ring (bicyclic) bond motifs is 1. The molecule has 1 fully saturated rings. The van der Waals surface area contributed by atoms with Gasteiger partial charge in [-0.3, -0.25) is 4.90 Å². The molecule has 1 aromatic heterocycles. The van der Waals surface area contributed by atoms with Crippen LogP contribution >= 0.6 is 0 Å². The van der Waals surface area contributed by atoms with Crippen LogP contribution in [0.4, 0.5) is 4.39 Å². The smallest absolute Gasteiger partial charge is 0.161 e. The van der Waals surface area contributed by atoms with Crippen molar-refractivity contribution in [3.63, 3.8) is 0 Å². The molecule has 0 amide bonds. The molecular weight excluding hydrogens is 399 g/mol. The number of aromatic nitrogens is 1. The Hall–Kier alpha value is -2.93. The molecule has 0 spiro atoms. The first-order chi connectivity index (χ1) is 15.1. The Balaban J connectivity index is 1.33. The standard InChI is InChI=1S/C24H27FN2O4/c1-16(30-22-6-3-17(9-12-28)13-23(22)29-2)15-27-10-7-18(8-11-27)24-20-5-4-19(25)14-21(20)26-31-24/h3-6,12-14,16,18H,7-11,15H2,1-2H3. The van der Waals surface area contributed by atoms with Crippen LogP contribution in [-0.2, 0) is 11.2 Å². The van der Waals surface area contributed by atoms with Gasteiger partial charge in [0.25, 0.3) is 0 Å². The monoisotopic (exact) mass is 426 g/mol. The molecule has 0 radical (unpaired) electrons. The van der Waals surface area contributed by atoms with E-state index in [1.807, 2.05) is 25.1 Å². The van der Waals surface area contributed by atoms with Crippen LogP contribution < -0.4 is 9.47 Å². The van der Waals surface area contributed by atoms with Crippen LogP contribution in [0.5, 0.6) is 11.5 Å². The number of hydrogen-bond donors (Lipinski definition) is 0. The van der Waals surface area contributed by atoms with Crippen LogP contribution in [0, 0.1) is 5.82 Å². The highest BCUT2D eigenvalue weighted by Gasteiger charge is 2.26. The Morgan fingerprint density at radius 3 is 2.77 bits per heavy atom. The Kier molecular flexibility index (Phi) is 6.51. The third kappa shape index (κ3) is 4.88. The summed E-state index contributed by atoms with van der Waals surface area (Å²) in [6.07, 6.45) is 3.13. The van der Waals surface area contributed by atoms with Crippen LogP contribution in [0.25, 0.3) is 10.9 Å². The molecule has 1 aliphatic heterocycles. The second-order valence-electron chi connectivity index (χ2n) is 8.07. The highest BCUT2D eigenvalue weighted by molar-refractivity contribution is 5.80. The number of ether oxygens (including phenoxy) is 2. The molecule has 6 nitrogen and oxygen atoms in total. The maximum atomic E-state index is 13.4. The first-order valence-corrected chi connectivity index (χ1v) is 10.6. The number of rotatable bonds is 8. The summed E-state index contributed by atoms with van der Waals surface area (Å²) in [7, 11) is 1.60. The number of carbonyl (C=O) groups is 1. The quantitative estimate of drug-likeness (QED) is 0.499. The predicted molar refractivity (Wildman–Crippen MR) is 115 cm³/mol. The zero-order valence-corrected chi connectivity index (χ0v) is 17.8. The summed E-state index contributed by atoms with van der Waals surface area (Å²) in [6, 6.07) is 10.2. The average Bonchev–Trinajstić information content (AvgIpc) is 3.18. The van der Waals surface area contributed by atoms with E-state index in [1.165, 1.54) is 12.1 Å². The van der Waals surface area contributed by atoms with Crippen LogP contribution in [0.2, 0.25) is 0 Å². The first kappa shape index (κ1) is 21.3. The third-order valence-corrected chi connectivity index (χ3v) is 5.82. The summed E-state index contributed by atoms with van der Waals surface area (Å²) in [4.78, 5) is 13.1. The number of halogens is 1.